The number of methoxy groups -OCH3 is 1. The van der Waals surface area contributed by atoms with Gasteiger partial charge in [-0.05, 0) is 11.6 Å². The fourth-order valence-electron chi connectivity index (χ4n) is 1.44. The first-order chi connectivity index (χ1) is 10.2. The van der Waals surface area contributed by atoms with Gasteiger partial charge in [-0.3, -0.25) is 4.79 Å². The van der Waals surface area contributed by atoms with Gasteiger partial charge < -0.3 is 4.74 Å². The Hall–Kier alpha value is -1.24. The standard InChI is InChI=1S/C14H13ClN2O2S2/c1-19-14(18)8-21-13-6-12(16-9-17-13)20-7-10-4-2-3-5-11(10)15/h2-6,9H,7-8H2,1H3. The molecule has 0 radical (unpaired) electrons. The monoisotopic (exact) mass is 340 g/mol. The minimum atomic E-state index is -0.274. The highest BCUT2D eigenvalue weighted by atomic mass is 35.5. The van der Waals surface area contributed by atoms with Crippen molar-refractivity contribution in [2.75, 3.05) is 12.9 Å². The topological polar surface area (TPSA) is 52.1 Å². The largest absolute Gasteiger partial charge is 0.468 e. The van der Waals surface area contributed by atoms with Crippen LogP contribution in [0, 0.1) is 0 Å². The molecule has 0 bridgehead atoms. The summed E-state index contributed by atoms with van der Waals surface area (Å²) in [5.74, 6) is 0.698. The Labute approximate surface area is 136 Å². The Morgan fingerprint density at radius 3 is 2.67 bits per heavy atom. The van der Waals surface area contributed by atoms with Crippen LogP contribution in [0.25, 0.3) is 0 Å². The molecule has 0 spiro atoms. The Morgan fingerprint density at radius 2 is 1.95 bits per heavy atom. The summed E-state index contributed by atoms with van der Waals surface area (Å²) in [6.07, 6.45) is 1.49. The number of benzene rings is 1. The van der Waals surface area contributed by atoms with E-state index in [1.54, 1.807) is 11.8 Å². The van der Waals surface area contributed by atoms with Crippen molar-refractivity contribution in [2.45, 2.75) is 15.8 Å². The van der Waals surface area contributed by atoms with E-state index in [-0.39, 0.29) is 11.7 Å². The predicted molar refractivity (Wildman–Crippen MR) is 85.8 cm³/mol. The van der Waals surface area contributed by atoms with E-state index < -0.39 is 0 Å². The summed E-state index contributed by atoms with van der Waals surface area (Å²) in [4.78, 5) is 19.4. The van der Waals surface area contributed by atoms with E-state index >= 15 is 0 Å². The quantitative estimate of drug-likeness (QED) is 0.454. The molecule has 1 heterocycles. The zero-order chi connectivity index (χ0) is 15.1. The maximum atomic E-state index is 11.1. The summed E-state index contributed by atoms with van der Waals surface area (Å²) in [6.45, 7) is 0. The predicted octanol–water partition coefficient (Wildman–Crippen LogP) is 3.69. The van der Waals surface area contributed by atoms with Crippen molar-refractivity contribution >= 4 is 41.1 Å². The van der Waals surface area contributed by atoms with Gasteiger partial charge in [0.2, 0.25) is 0 Å². The van der Waals surface area contributed by atoms with E-state index in [0.717, 1.165) is 26.4 Å². The van der Waals surface area contributed by atoms with E-state index in [1.807, 2.05) is 30.3 Å². The summed E-state index contributed by atoms with van der Waals surface area (Å²) in [6, 6.07) is 9.58. The highest BCUT2D eigenvalue weighted by Gasteiger charge is 2.06. The van der Waals surface area contributed by atoms with Gasteiger partial charge in [-0.15, -0.1) is 11.8 Å². The lowest BCUT2D eigenvalue weighted by molar-refractivity contribution is -0.137. The van der Waals surface area contributed by atoms with Crippen LogP contribution in [-0.4, -0.2) is 28.8 Å². The lowest BCUT2D eigenvalue weighted by Crippen LogP contribution is -2.03. The number of carbonyl (C=O) groups excluding carboxylic acids is 1. The molecular formula is C14H13ClN2O2S2. The van der Waals surface area contributed by atoms with Crippen LogP contribution in [0.4, 0.5) is 0 Å². The lowest BCUT2D eigenvalue weighted by atomic mass is 10.2. The third-order valence-electron chi connectivity index (χ3n) is 2.52. The molecule has 21 heavy (non-hydrogen) atoms. The first-order valence-corrected chi connectivity index (χ1v) is 8.42. The van der Waals surface area contributed by atoms with Crippen LogP contribution in [0.2, 0.25) is 5.02 Å². The summed E-state index contributed by atoms with van der Waals surface area (Å²) in [7, 11) is 1.37. The molecule has 0 saturated heterocycles. The highest BCUT2D eigenvalue weighted by molar-refractivity contribution is 8.00. The van der Waals surface area contributed by atoms with Crippen molar-refractivity contribution in [1.29, 1.82) is 0 Å². The number of esters is 1. The molecule has 2 aromatic rings. The Kier molecular flexibility index (Phi) is 6.35. The number of aromatic nitrogens is 2. The van der Waals surface area contributed by atoms with Crippen LogP contribution in [0.3, 0.4) is 0 Å². The van der Waals surface area contributed by atoms with Crippen LogP contribution in [-0.2, 0) is 15.3 Å². The number of carbonyl (C=O) groups is 1. The average molecular weight is 341 g/mol. The van der Waals surface area contributed by atoms with Crippen LogP contribution in [0.15, 0.2) is 46.7 Å². The molecule has 110 valence electrons. The normalized spacial score (nSPS) is 10.4. The number of rotatable bonds is 6. The second-order valence-electron chi connectivity index (χ2n) is 3.94. The fourth-order valence-corrected chi connectivity index (χ4v) is 3.37. The third kappa shape index (κ3) is 5.22. The van der Waals surface area contributed by atoms with E-state index in [1.165, 1.54) is 25.2 Å². The minimum Gasteiger partial charge on any atom is -0.468 e. The number of thioether (sulfide) groups is 2. The molecule has 0 N–H and O–H groups in total. The van der Waals surface area contributed by atoms with Gasteiger partial charge in [0.25, 0.3) is 0 Å². The molecule has 7 heteroatoms. The zero-order valence-corrected chi connectivity index (χ0v) is 13.7. The molecule has 4 nitrogen and oxygen atoms in total. The fraction of sp³-hybridized carbons (Fsp3) is 0.214. The minimum absolute atomic E-state index is 0.238. The number of nitrogens with zero attached hydrogens (tertiary/aromatic N) is 2. The Morgan fingerprint density at radius 1 is 1.24 bits per heavy atom. The molecule has 0 unspecified atom stereocenters. The Bertz CT molecular complexity index is 625. The SMILES string of the molecule is COC(=O)CSc1cc(SCc2ccccc2Cl)ncn1. The smallest absolute Gasteiger partial charge is 0.316 e. The molecule has 0 atom stereocenters. The van der Waals surface area contributed by atoms with Crippen LogP contribution >= 0.6 is 35.1 Å². The van der Waals surface area contributed by atoms with Gasteiger partial charge >= 0.3 is 5.97 Å². The number of hydrogen-bond donors (Lipinski definition) is 0. The van der Waals surface area contributed by atoms with Crippen LogP contribution in [0.5, 0.6) is 0 Å². The van der Waals surface area contributed by atoms with E-state index in [4.69, 9.17) is 11.6 Å². The van der Waals surface area contributed by atoms with Gasteiger partial charge in [-0.1, -0.05) is 41.6 Å². The van der Waals surface area contributed by atoms with E-state index in [0.29, 0.717) is 0 Å². The first-order valence-electron chi connectivity index (χ1n) is 6.07. The molecule has 0 aliphatic carbocycles. The van der Waals surface area contributed by atoms with Gasteiger partial charge in [-0.25, -0.2) is 9.97 Å². The molecule has 1 aromatic heterocycles. The second-order valence-corrected chi connectivity index (χ2v) is 6.34. The maximum absolute atomic E-state index is 11.1. The zero-order valence-electron chi connectivity index (χ0n) is 11.3. The highest BCUT2D eigenvalue weighted by Crippen LogP contribution is 2.27. The summed E-state index contributed by atoms with van der Waals surface area (Å²) < 4.78 is 4.60. The first kappa shape index (κ1) is 16.1. The van der Waals surface area contributed by atoms with Crippen molar-refractivity contribution in [3.05, 3.63) is 47.2 Å². The molecule has 1 aromatic carbocycles. The van der Waals surface area contributed by atoms with Gasteiger partial charge in [0.15, 0.2) is 0 Å². The van der Waals surface area contributed by atoms with Gasteiger partial charge in [0.1, 0.15) is 16.4 Å². The van der Waals surface area contributed by atoms with Gasteiger partial charge in [-0.2, -0.15) is 0 Å². The maximum Gasteiger partial charge on any atom is 0.316 e. The second kappa shape index (κ2) is 8.26. The third-order valence-corrected chi connectivity index (χ3v) is 4.76. The van der Waals surface area contributed by atoms with Gasteiger partial charge in [0.05, 0.1) is 12.9 Å². The number of halogens is 1. The van der Waals surface area contributed by atoms with Crippen molar-refractivity contribution in [3.8, 4) is 0 Å². The average Bonchev–Trinajstić information content (AvgIpc) is 2.52. The molecule has 0 aliphatic heterocycles. The lowest BCUT2D eigenvalue weighted by Gasteiger charge is -2.05. The van der Waals surface area contributed by atoms with Crippen molar-refractivity contribution in [1.82, 2.24) is 9.97 Å². The van der Waals surface area contributed by atoms with Crippen molar-refractivity contribution < 1.29 is 9.53 Å². The summed E-state index contributed by atoms with van der Waals surface area (Å²) >= 11 is 9.02. The molecule has 2 rings (SSSR count). The van der Waals surface area contributed by atoms with Crippen LogP contribution in [0.1, 0.15) is 5.56 Å². The van der Waals surface area contributed by atoms with Crippen LogP contribution < -0.4 is 0 Å². The molecule has 0 amide bonds. The molecule has 0 fully saturated rings. The van der Waals surface area contributed by atoms with E-state index in [9.17, 15) is 4.79 Å². The van der Waals surface area contributed by atoms with Crippen molar-refractivity contribution in [2.24, 2.45) is 0 Å². The summed E-state index contributed by atoms with van der Waals surface area (Å²) in [5, 5.41) is 2.34. The molecular weight excluding hydrogens is 328 g/mol. The number of hydrogen-bond acceptors (Lipinski definition) is 6. The molecule has 0 aliphatic rings. The van der Waals surface area contributed by atoms with E-state index in [2.05, 4.69) is 14.7 Å². The number of ether oxygens (including phenoxy) is 1. The molecule has 0 saturated carbocycles. The summed E-state index contributed by atoms with van der Waals surface area (Å²) in [5.41, 5.74) is 1.06. The Balaban J connectivity index is 1.95. The van der Waals surface area contributed by atoms with Crippen molar-refractivity contribution in [3.63, 3.8) is 0 Å². The van der Waals surface area contributed by atoms with Gasteiger partial charge in [0, 0.05) is 16.8 Å².